The summed E-state index contributed by atoms with van der Waals surface area (Å²) in [5.74, 6) is -4.19. The van der Waals surface area contributed by atoms with E-state index in [2.05, 4.69) is 10.1 Å². The number of nitrogens with one attached hydrogen (secondary N) is 1. The molecule has 27 heavy (non-hydrogen) atoms. The van der Waals surface area contributed by atoms with Crippen LogP contribution in [0.4, 0.5) is 22.0 Å². The Morgan fingerprint density at radius 3 is 2.37 bits per heavy atom. The van der Waals surface area contributed by atoms with Gasteiger partial charge in [0.15, 0.2) is 0 Å². The van der Waals surface area contributed by atoms with Crippen LogP contribution in [0.5, 0.6) is 0 Å². The van der Waals surface area contributed by atoms with Crippen LogP contribution >= 0.6 is 0 Å². The molecule has 0 unspecified atom stereocenters. The number of halogens is 5. The first-order chi connectivity index (χ1) is 12.6. The third-order valence-electron chi connectivity index (χ3n) is 3.71. The van der Waals surface area contributed by atoms with Crippen molar-refractivity contribution in [3.8, 4) is 0 Å². The Labute approximate surface area is 150 Å². The first-order valence-electron chi connectivity index (χ1n) is 7.62. The molecule has 0 aliphatic rings. The molecule has 2 rings (SSSR count). The Morgan fingerprint density at radius 1 is 1.11 bits per heavy atom. The molecule has 0 aromatic heterocycles. The van der Waals surface area contributed by atoms with Crippen LogP contribution in [0.1, 0.15) is 21.5 Å². The van der Waals surface area contributed by atoms with E-state index in [9.17, 15) is 31.5 Å². The van der Waals surface area contributed by atoms with E-state index in [0.717, 1.165) is 31.4 Å². The first-order valence-corrected chi connectivity index (χ1v) is 7.62. The molecule has 0 saturated carbocycles. The predicted molar refractivity (Wildman–Crippen MR) is 84.8 cm³/mol. The summed E-state index contributed by atoms with van der Waals surface area (Å²) in [5.41, 5.74) is -1.78. The fourth-order valence-corrected chi connectivity index (χ4v) is 2.44. The average molecular weight is 387 g/mol. The molecule has 0 aliphatic heterocycles. The number of methoxy groups -OCH3 is 1. The van der Waals surface area contributed by atoms with Gasteiger partial charge in [-0.1, -0.05) is 18.2 Å². The third-order valence-corrected chi connectivity index (χ3v) is 3.71. The Bertz CT molecular complexity index is 851. The minimum Gasteiger partial charge on any atom is -0.467 e. The van der Waals surface area contributed by atoms with Crippen molar-refractivity contribution < 1.29 is 36.3 Å². The summed E-state index contributed by atoms with van der Waals surface area (Å²) in [6.07, 6.45) is -5.19. The summed E-state index contributed by atoms with van der Waals surface area (Å²) in [5, 5.41) is 2.13. The van der Waals surface area contributed by atoms with Gasteiger partial charge in [0.05, 0.1) is 18.2 Å². The topological polar surface area (TPSA) is 55.4 Å². The Morgan fingerprint density at radius 2 is 1.78 bits per heavy atom. The number of alkyl halides is 3. The minimum absolute atomic E-state index is 0.250. The van der Waals surface area contributed by atoms with Crippen molar-refractivity contribution in [2.24, 2.45) is 0 Å². The maximum atomic E-state index is 13.7. The van der Waals surface area contributed by atoms with Gasteiger partial charge in [0.25, 0.3) is 5.91 Å². The molecule has 2 aromatic carbocycles. The summed E-state index contributed by atoms with van der Waals surface area (Å²) in [6, 6.07) is 5.19. The van der Waals surface area contributed by atoms with Crippen molar-refractivity contribution in [3.63, 3.8) is 0 Å². The van der Waals surface area contributed by atoms with E-state index in [1.54, 1.807) is 0 Å². The molecule has 0 spiro atoms. The fraction of sp³-hybridized carbons (Fsp3) is 0.222. The molecular weight excluding hydrogens is 373 g/mol. The predicted octanol–water partition coefficient (Wildman–Crippen LogP) is 3.50. The molecule has 9 heteroatoms. The number of hydrogen-bond donors (Lipinski definition) is 1. The van der Waals surface area contributed by atoms with Crippen molar-refractivity contribution in [1.82, 2.24) is 5.32 Å². The second-order valence-corrected chi connectivity index (χ2v) is 5.53. The Hall–Kier alpha value is -2.97. The van der Waals surface area contributed by atoms with Gasteiger partial charge in [0.1, 0.15) is 17.7 Å². The molecule has 144 valence electrons. The minimum atomic E-state index is -4.66. The monoisotopic (exact) mass is 387 g/mol. The van der Waals surface area contributed by atoms with Crippen LogP contribution in [0.25, 0.3) is 0 Å². The normalized spacial score (nSPS) is 12.4. The summed E-state index contributed by atoms with van der Waals surface area (Å²) < 4.78 is 70.5. The molecule has 0 heterocycles. The van der Waals surface area contributed by atoms with E-state index in [1.807, 2.05) is 0 Å². The molecule has 1 atom stereocenters. The summed E-state index contributed by atoms with van der Waals surface area (Å²) in [7, 11) is 0.996. The van der Waals surface area contributed by atoms with Crippen LogP contribution in [0.3, 0.4) is 0 Å². The maximum absolute atomic E-state index is 13.7. The second kappa shape index (κ2) is 8.15. The molecular formula is C18H14F5NO3. The van der Waals surface area contributed by atoms with Gasteiger partial charge in [0.2, 0.25) is 0 Å². The molecule has 0 radical (unpaired) electrons. The van der Waals surface area contributed by atoms with E-state index in [-0.39, 0.29) is 5.56 Å². The van der Waals surface area contributed by atoms with Gasteiger partial charge in [0, 0.05) is 12.5 Å². The van der Waals surface area contributed by atoms with Gasteiger partial charge in [-0.3, -0.25) is 4.79 Å². The van der Waals surface area contributed by atoms with Crippen molar-refractivity contribution >= 4 is 11.9 Å². The standard InChI is InChI=1S/C18H14F5NO3/c1-27-17(26)15(8-10-4-2-3-5-13(10)18(21,22)23)24-16(25)12-7-6-11(19)9-14(12)20/h2-7,9,15H,8H2,1H3,(H,24,25)/t15-/m0/s1. The summed E-state index contributed by atoms with van der Waals surface area (Å²) in [4.78, 5) is 24.1. The lowest BCUT2D eigenvalue weighted by atomic mass is 9.99. The molecule has 1 amide bonds. The summed E-state index contributed by atoms with van der Waals surface area (Å²) >= 11 is 0. The highest BCUT2D eigenvalue weighted by molar-refractivity contribution is 5.97. The summed E-state index contributed by atoms with van der Waals surface area (Å²) in [6.45, 7) is 0. The second-order valence-electron chi connectivity index (χ2n) is 5.53. The fourth-order valence-electron chi connectivity index (χ4n) is 2.44. The van der Waals surface area contributed by atoms with Crippen LogP contribution in [-0.2, 0) is 22.1 Å². The number of carbonyl (C=O) groups is 2. The van der Waals surface area contributed by atoms with Crippen LogP contribution in [0, 0.1) is 11.6 Å². The van der Waals surface area contributed by atoms with E-state index >= 15 is 0 Å². The van der Waals surface area contributed by atoms with Gasteiger partial charge in [-0.2, -0.15) is 13.2 Å². The zero-order chi connectivity index (χ0) is 20.2. The highest BCUT2D eigenvalue weighted by Crippen LogP contribution is 2.32. The molecule has 2 aromatic rings. The van der Waals surface area contributed by atoms with Gasteiger partial charge in [-0.05, 0) is 23.8 Å². The Kier molecular flexibility index (Phi) is 6.14. The lowest BCUT2D eigenvalue weighted by molar-refractivity contribution is -0.144. The molecule has 0 aliphatic carbocycles. The van der Waals surface area contributed by atoms with E-state index in [4.69, 9.17) is 0 Å². The number of carbonyl (C=O) groups excluding carboxylic acids is 2. The zero-order valence-electron chi connectivity index (χ0n) is 13.9. The van der Waals surface area contributed by atoms with Crippen molar-refractivity contribution in [2.75, 3.05) is 7.11 Å². The number of hydrogen-bond acceptors (Lipinski definition) is 3. The van der Waals surface area contributed by atoms with Crippen LogP contribution in [0.15, 0.2) is 42.5 Å². The van der Waals surface area contributed by atoms with Crippen molar-refractivity contribution in [2.45, 2.75) is 18.6 Å². The molecule has 1 N–H and O–H groups in total. The number of amides is 1. The lowest BCUT2D eigenvalue weighted by Crippen LogP contribution is -2.43. The number of rotatable bonds is 5. The number of esters is 1. The van der Waals surface area contributed by atoms with Gasteiger partial charge in [-0.25, -0.2) is 13.6 Å². The van der Waals surface area contributed by atoms with Crippen LogP contribution in [0.2, 0.25) is 0 Å². The zero-order valence-corrected chi connectivity index (χ0v) is 13.9. The first kappa shape index (κ1) is 20.3. The van der Waals surface area contributed by atoms with E-state index < -0.39 is 53.3 Å². The quantitative estimate of drug-likeness (QED) is 0.631. The van der Waals surface area contributed by atoms with Gasteiger partial charge >= 0.3 is 12.1 Å². The van der Waals surface area contributed by atoms with Gasteiger partial charge < -0.3 is 10.1 Å². The highest BCUT2D eigenvalue weighted by atomic mass is 19.4. The van der Waals surface area contributed by atoms with Crippen LogP contribution < -0.4 is 5.32 Å². The van der Waals surface area contributed by atoms with Gasteiger partial charge in [-0.15, -0.1) is 0 Å². The van der Waals surface area contributed by atoms with Crippen molar-refractivity contribution in [1.29, 1.82) is 0 Å². The number of benzene rings is 2. The molecule has 0 fully saturated rings. The Balaban J connectivity index is 2.30. The highest BCUT2D eigenvalue weighted by Gasteiger charge is 2.34. The largest absolute Gasteiger partial charge is 0.467 e. The molecule has 0 bridgehead atoms. The lowest BCUT2D eigenvalue weighted by Gasteiger charge is -2.19. The van der Waals surface area contributed by atoms with E-state index in [0.29, 0.717) is 6.07 Å². The average Bonchev–Trinajstić information content (AvgIpc) is 2.59. The third kappa shape index (κ3) is 5.02. The van der Waals surface area contributed by atoms with Crippen LogP contribution in [-0.4, -0.2) is 25.0 Å². The smallest absolute Gasteiger partial charge is 0.416 e. The maximum Gasteiger partial charge on any atom is 0.416 e. The number of ether oxygens (including phenoxy) is 1. The molecule has 0 saturated heterocycles. The van der Waals surface area contributed by atoms with E-state index in [1.165, 1.54) is 12.1 Å². The SMILES string of the molecule is COC(=O)[C@H](Cc1ccccc1C(F)(F)F)NC(=O)c1ccc(F)cc1F. The van der Waals surface area contributed by atoms with Crippen molar-refractivity contribution in [3.05, 3.63) is 70.8 Å². The molecule has 4 nitrogen and oxygen atoms in total.